The smallest absolute Gasteiger partial charge is 0.274 e. The van der Waals surface area contributed by atoms with E-state index in [0.29, 0.717) is 18.8 Å². The van der Waals surface area contributed by atoms with E-state index in [1.54, 1.807) is 29.6 Å². The molecule has 4 aromatic rings. The summed E-state index contributed by atoms with van der Waals surface area (Å²) in [6.45, 7) is 2.99. The van der Waals surface area contributed by atoms with Gasteiger partial charge in [-0.15, -0.1) is 22.7 Å². The van der Waals surface area contributed by atoms with Gasteiger partial charge in [-0.3, -0.25) is 4.79 Å². The third kappa shape index (κ3) is 4.58. The summed E-state index contributed by atoms with van der Waals surface area (Å²) in [5.74, 6) is 1.43. The van der Waals surface area contributed by atoms with E-state index < -0.39 is 0 Å². The second-order valence-electron chi connectivity index (χ2n) is 6.52. The molecule has 3 heterocycles. The van der Waals surface area contributed by atoms with Gasteiger partial charge in [-0.25, -0.2) is 4.98 Å². The highest BCUT2D eigenvalue weighted by atomic mass is 32.1. The van der Waals surface area contributed by atoms with Crippen LogP contribution in [0.5, 0.6) is 5.75 Å². The van der Waals surface area contributed by atoms with Gasteiger partial charge in [-0.05, 0) is 55.5 Å². The first-order chi connectivity index (χ1) is 14.1. The Morgan fingerprint density at radius 3 is 2.62 bits per heavy atom. The molecule has 0 atom stereocenters. The van der Waals surface area contributed by atoms with Gasteiger partial charge in [-0.1, -0.05) is 0 Å². The summed E-state index contributed by atoms with van der Waals surface area (Å²) in [4.78, 5) is 22.0. The number of rotatable bonds is 7. The third-order valence-electron chi connectivity index (χ3n) is 4.42. The van der Waals surface area contributed by atoms with E-state index in [2.05, 4.69) is 24.0 Å². The molecule has 3 aromatic heterocycles. The fraction of sp³-hybridized carbons (Fsp3) is 0.182. The number of ether oxygens (including phenoxy) is 1. The van der Waals surface area contributed by atoms with Gasteiger partial charge < -0.3 is 14.1 Å². The number of hydrogen-bond acceptors (Lipinski definition) is 6. The van der Waals surface area contributed by atoms with Gasteiger partial charge in [0.15, 0.2) is 0 Å². The SMILES string of the molecule is COc1ccc(-c2nc(C(=O)N(Cc3ccco3)Cc3ccc(C)s3)cs2)cc1. The molecule has 1 amide bonds. The fourth-order valence-electron chi connectivity index (χ4n) is 2.95. The van der Waals surface area contributed by atoms with Crippen molar-refractivity contribution in [3.8, 4) is 16.3 Å². The number of carbonyl (C=O) groups is 1. The van der Waals surface area contributed by atoms with Crippen LogP contribution in [0, 0.1) is 6.92 Å². The highest BCUT2D eigenvalue weighted by Crippen LogP contribution is 2.27. The first-order valence-electron chi connectivity index (χ1n) is 9.09. The average Bonchev–Trinajstić information content (AvgIpc) is 3.49. The maximum atomic E-state index is 13.2. The topological polar surface area (TPSA) is 55.6 Å². The number of aromatic nitrogens is 1. The highest BCUT2D eigenvalue weighted by molar-refractivity contribution is 7.13. The Bertz CT molecular complexity index is 1080. The second kappa shape index (κ2) is 8.63. The van der Waals surface area contributed by atoms with Gasteiger partial charge in [0.25, 0.3) is 5.91 Å². The molecule has 0 saturated heterocycles. The van der Waals surface area contributed by atoms with E-state index in [-0.39, 0.29) is 5.91 Å². The number of methoxy groups -OCH3 is 1. The summed E-state index contributed by atoms with van der Waals surface area (Å²) in [7, 11) is 1.64. The van der Waals surface area contributed by atoms with Crippen molar-refractivity contribution in [2.75, 3.05) is 7.11 Å². The molecule has 4 rings (SSSR count). The molecule has 0 saturated carbocycles. The average molecular weight is 425 g/mol. The summed E-state index contributed by atoms with van der Waals surface area (Å²) >= 11 is 3.15. The standard InChI is InChI=1S/C22H20N2O3S2/c1-15-5-10-19(29-15)13-24(12-18-4-3-11-27-18)22(25)20-14-28-21(23-20)16-6-8-17(26-2)9-7-16/h3-11,14H,12-13H2,1-2H3. The molecule has 0 spiro atoms. The number of thiazole rings is 1. The number of benzene rings is 1. The van der Waals surface area contributed by atoms with Crippen molar-refractivity contribution in [3.05, 3.63) is 81.4 Å². The third-order valence-corrected chi connectivity index (χ3v) is 6.29. The quantitative estimate of drug-likeness (QED) is 0.386. The van der Waals surface area contributed by atoms with Crippen LogP contribution in [0.1, 0.15) is 26.0 Å². The van der Waals surface area contributed by atoms with Crippen LogP contribution >= 0.6 is 22.7 Å². The maximum absolute atomic E-state index is 13.2. The molecule has 0 radical (unpaired) electrons. The molecule has 0 N–H and O–H groups in total. The van der Waals surface area contributed by atoms with Crippen LogP contribution in [0.15, 0.2) is 64.6 Å². The lowest BCUT2D eigenvalue weighted by Crippen LogP contribution is -2.30. The molecule has 0 unspecified atom stereocenters. The molecule has 7 heteroatoms. The summed E-state index contributed by atoms with van der Waals surface area (Å²) < 4.78 is 10.7. The zero-order valence-corrected chi connectivity index (χ0v) is 17.8. The fourth-order valence-corrected chi connectivity index (χ4v) is 4.65. The van der Waals surface area contributed by atoms with Crippen molar-refractivity contribution in [2.45, 2.75) is 20.0 Å². The molecule has 0 fully saturated rings. The Hall–Kier alpha value is -2.90. The number of nitrogens with zero attached hydrogens (tertiary/aromatic N) is 2. The lowest BCUT2D eigenvalue weighted by molar-refractivity contribution is 0.0714. The molecule has 29 heavy (non-hydrogen) atoms. The molecule has 0 aliphatic rings. The zero-order valence-electron chi connectivity index (χ0n) is 16.1. The Morgan fingerprint density at radius 2 is 1.97 bits per heavy atom. The van der Waals surface area contributed by atoms with Crippen LogP contribution in [0.25, 0.3) is 10.6 Å². The van der Waals surface area contributed by atoms with Crippen molar-refractivity contribution in [1.29, 1.82) is 0 Å². The van der Waals surface area contributed by atoms with Crippen LogP contribution in [0.3, 0.4) is 0 Å². The Morgan fingerprint density at radius 1 is 1.14 bits per heavy atom. The van der Waals surface area contributed by atoms with Crippen molar-refractivity contribution < 1.29 is 13.9 Å². The van der Waals surface area contributed by atoms with Gasteiger partial charge in [0.2, 0.25) is 0 Å². The van der Waals surface area contributed by atoms with Crippen LogP contribution < -0.4 is 4.74 Å². The molecular weight excluding hydrogens is 404 g/mol. The monoisotopic (exact) mass is 424 g/mol. The van der Waals surface area contributed by atoms with Crippen LogP contribution in [-0.4, -0.2) is 22.9 Å². The summed E-state index contributed by atoms with van der Waals surface area (Å²) in [5.41, 5.74) is 1.40. The Kier molecular flexibility index (Phi) is 5.78. The van der Waals surface area contributed by atoms with E-state index in [1.165, 1.54) is 16.2 Å². The van der Waals surface area contributed by atoms with Gasteiger partial charge >= 0.3 is 0 Å². The van der Waals surface area contributed by atoms with Crippen molar-refractivity contribution >= 4 is 28.6 Å². The predicted molar refractivity (Wildman–Crippen MR) is 115 cm³/mol. The largest absolute Gasteiger partial charge is 0.497 e. The lowest BCUT2D eigenvalue weighted by atomic mass is 10.2. The number of amides is 1. The molecule has 148 valence electrons. The van der Waals surface area contributed by atoms with Gasteiger partial charge in [0.05, 0.1) is 26.5 Å². The Labute approximate surface area is 177 Å². The number of carbonyl (C=O) groups excluding carboxylic acids is 1. The summed E-state index contributed by atoms with van der Waals surface area (Å²) in [6, 6.07) is 15.5. The molecule has 0 aliphatic carbocycles. The van der Waals surface area contributed by atoms with E-state index >= 15 is 0 Å². The van der Waals surface area contributed by atoms with Crippen molar-refractivity contribution in [2.24, 2.45) is 0 Å². The number of thiophene rings is 1. The molecule has 5 nitrogen and oxygen atoms in total. The predicted octanol–water partition coefficient (Wildman–Crippen LogP) is 5.62. The van der Waals surface area contributed by atoms with E-state index in [0.717, 1.165) is 27.0 Å². The minimum atomic E-state index is -0.108. The highest BCUT2D eigenvalue weighted by Gasteiger charge is 2.21. The van der Waals surface area contributed by atoms with Crippen LogP contribution in [-0.2, 0) is 13.1 Å². The first kappa shape index (κ1) is 19.4. The number of hydrogen-bond donors (Lipinski definition) is 0. The summed E-state index contributed by atoms with van der Waals surface area (Å²) in [6.07, 6.45) is 1.62. The van der Waals surface area contributed by atoms with Crippen LogP contribution in [0.2, 0.25) is 0 Å². The normalized spacial score (nSPS) is 10.8. The van der Waals surface area contributed by atoms with Crippen LogP contribution in [0.4, 0.5) is 0 Å². The number of furan rings is 1. The van der Waals surface area contributed by atoms with E-state index in [9.17, 15) is 4.79 Å². The Balaban J connectivity index is 1.57. The van der Waals surface area contributed by atoms with Crippen molar-refractivity contribution in [1.82, 2.24) is 9.88 Å². The molecular formula is C22H20N2O3S2. The zero-order chi connectivity index (χ0) is 20.2. The minimum Gasteiger partial charge on any atom is -0.497 e. The van der Waals surface area contributed by atoms with E-state index in [1.807, 2.05) is 41.8 Å². The maximum Gasteiger partial charge on any atom is 0.274 e. The van der Waals surface area contributed by atoms with E-state index in [4.69, 9.17) is 9.15 Å². The van der Waals surface area contributed by atoms with Gasteiger partial charge in [0.1, 0.15) is 22.2 Å². The lowest BCUT2D eigenvalue weighted by Gasteiger charge is -2.20. The molecule has 0 aliphatic heterocycles. The first-order valence-corrected chi connectivity index (χ1v) is 10.8. The summed E-state index contributed by atoms with van der Waals surface area (Å²) in [5, 5.41) is 2.62. The van der Waals surface area contributed by atoms with Gasteiger partial charge in [0, 0.05) is 20.7 Å². The number of aryl methyl sites for hydroxylation is 1. The second-order valence-corrected chi connectivity index (χ2v) is 8.75. The molecule has 0 bridgehead atoms. The minimum absolute atomic E-state index is 0.108. The molecule has 1 aromatic carbocycles. The van der Waals surface area contributed by atoms with Gasteiger partial charge in [-0.2, -0.15) is 0 Å². The van der Waals surface area contributed by atoms with Crippen molar-refractivity contribution in [3.63, 3.8) is 0 Å².